The third-order valence-electron chi connectivity index (χ3n) is 4.64. The minimum absolute atomic E-state index is 0.107. The molecule has 2 amide bonds. The summed E-state index contributed by atoms with van der Waals surface area (Å²) in [5.41, 5.74) is 6.53. The molecule has 1 aromatic carbocycles. The molecule has 2 aromatic rings. The van der Waals surface area contributed by atoms with Crippen LogP contribution >= 0.6 is 0 Å². The molecule has 1 aromatic heterocycles. The van der Waals surface area contributed by atoms with Crippen molar-refractivity contribution in [3.05, 3.63) is 40.2 Å². The van der Waals surface area contributed by atoms with Gasteiger partial charge in [-0.25, -0.2) is 0 Å². The van der Waals surface area contributed by atoms with E-state index in [4.69, 9.17) is 0 Å². The van der Waals surface area contributed by atoms with E-state index in [0.29, 0.717) is 0 Å². The zero-order valence-electron chi connectivity index (χ0n) is 17.3. The normalized spacial score (nSPS) is 12.0. The quantitative estimate of drug-likeness (QED) is 0.709. The van der Waals surface area contributed by atoms with E-state index in [1.807, 2.05) is 60.8 Å². The average Bonchev–Trinajstić information content (AvgIpc) is 2.77. The van der Waals surface area contributed by atoms with Gasteiger partial charge in [-0.05, 0) is 45.7 Å². The van der Waals surface area contributed by atoms with Gasteiger partial charge < -0.3 is 15.5 Å². The molecular formula is C20H30N5O2+. The molecule has 0 aliphatic heterocycles. The molecule has 1 heterocycles. The summed E-state index contributed by atoms with van der Waals surface area (Å²) in [6.07, 6.45) is 0. The lowest BCUT2D eigenvalue weighted by atomic mass is 10.1. The van der Waals surface area contributed by atoms with Gasteiger partial charge in [0.25, 0.3) is 11.8 Å². The summed E-state index contributed by atoms with van der Waals surface area (Å²) < 4.78 is 1.74. The fourth-order valence-electron chi connectivity index (χ4n) is 3.31. The van der Waals surface area contributed by atoms with Gasteiger partial charge in [-0.15, -0.1) is 0 Å². The predicted molar refractivity (Wildman–Crippen MR) is 107 cm³/mol. The van der Waals surface area contributed by atoms with Crippen LogP contribution in [0.25, 0.3) is 0 Å². The van der Waals surface area contributed by atoms with Crippen LogP contribution in [0.2, 0.25) is 0 Å². The molecule has 2 rings (SSSR count). The number of rotatable bonds is 6. The van der Waals surface area contributed by atoms with Crippen LogP contribution in [-0.4, -0.2) is 41.7 Å². The number of hydrogen-bond acceptors (Lipinski definition) is 3. The van der Waals surface area contributed by atoms with Crippen LogP contribution in [0.4, 0.5) is 11.4 Å². The summed E-state index contributed by atoms with van der Waals surface area (Å²) in [6, 6.07) is 4.09. The highest BCUT2D eigenvalue weighted by atomic mass is 16.2. The average molecular weight is 372 g/mol. The van der Waals surface area contributed by atoms with E-state index in [2.05, 4.69) is 15.7 Å². The van der Waals surface area contributed by atoms with Crippen molar-refractivity contribution >= 4 is 23.2 Å². The Bertz CT molecular complexity index is 846. The van der Waals surface area contributed by atoms with E-state index < -0.39 is 0 Å². The van der Waals surface area contributed by atoms with E-state index in [0.717, 1.165) is 38.8 Å². The summed E-state index contributed by atoms with van der Waals surface area (Å²) in [7, 11) is 3.67. The van der Waals surface area contributed by atoms with Gasteiger partial charge in [0.2, 0.25) is 0 Å². The SMILES string of the molecule is Cc1cc(C)c(NC(=O)C[NH+](C)CC(=O)Nc2c(C)nn(C)c2C)c(C)c1. The predicted octanol–water partition coefficient (Wildman–Crippen LogP) is 1.05. The standard InChI is InChI=1S/C20H29N5O2/c1-12-8-13(2)19(14(3)9-12)21-17(26)10-24(6)11-18(27)22-20-15(4)23-25(7)16(20)5/h8-9H,10-11H2,1-7H3,(H,21,26)(H,22,27)/p+1. The van der Waals surface area contributed by atoms with E-state index in [-0.39, 0.29) is 24.9 Å². The molecule has 0 saturated carbocycles. The fraction of sp³-hybridized carbons (Fsp3) is 0.450. The minimum Gasteiger partial charge on any atom is -0.322 e. The fourth-order valence-corrected chi connectivity index (χ4v) is 3.31. The van der Waals surface area contributed by atoms with Gasteiger partial charge in [0.15, 0.2) is 13.1 Å². The number of aryl methyl sites for hydroxylation is 5. The summed E-state index contributed by atoms with van der Waals surface area (Å²) >= 11 is 0. The van der Waals surface area contributed by atoms with Crippen LogP contribution in [0.1, 0.15) is 28.1 Å². The van der Waals surface area contributed by atoms with Gasteiger partial charge in [0.1, 0.15) is 0 Å². The number of amides is 2. The molecule has 27 heavy (non-hydrogen) atoms. The Morgan fingerprint density at radius 3 is 1.89 bits per heavy atom. The highest BCUT2D eigenvalue weighted by Crippen LogP contribution is 2.21. The molecule has 0 aliphatic carbocycles. The molecule has 7 heteroatoms. The molecule has 3 N–H and O–H groups in total. The smallest absolute Gasteiger partial charge is 0.279 e. The first-order valence-corrected chi connectivity index (χ1v) is 9.07. The number of anilines is 2. The number of quaternary nitrogens is 1. The van der Waals surface area contributed by atoms with Crippen LogP contribution < -0.4 is 15.5 Å². The van der Waals surface area contributed by atoms with E-state index >= 15 is 0 Å². The number of carbonyl (C=O) groups excluding carboxylic acids is 2. The van der Waals surface area contributed by atoms with Crippen molar-refractivity contribution in [2.75, 3.05) is 30.8 Å². The number of nitrogens with one attached hydrogen (secondary N) is 3. The molecule has 1 atom stereocenters. The zero-order valence-corrected chi connectivity index (χ0v) is 17.3. The lowest BCUT2D eigenvalue weighted by molar-refractivity contribution is -0.862. The van der Waals surface area contributed by atoms with E-state index in [9.17, 15) is 9.59 Å². The lowest BCUT2D eigenvalue weighted by Crippen LogP contribution is -3.11. The number of carbonyl (C=O) groups is 2. The Labute approximate surface area is 160 Å². The Kier molecular flexibility index (Phi) is 6.38. The first-order valence-electron chi connectivity index (χ1n) is 9.07. The van der Waals surface area contributed by atoms with Gasteiger partial charge in [-0.1, -0.05) is 17.7 Å². The van der Waals surface area contributed by atoms with E-state index in [1.165, 1.54) is 5.56 Å². The van der Waals surface area contributed by atoms with Crippen LogP contribution in [0, 0.1) is 34.6 Å². The summed E-state index contributed by atoms with van der Waals surface area (Å²) in [6.45, 7) is 10.2. The zero-order chi connectivity index (χ0) is 20.3. The third kappa shape index (κ3) is 5.17. The largest absolute Gasteiger partial charge is 0.322 e. The monoisotopic (exact) mass is 372 g/mol. The second-order valence-electron chi connectivity index (χ2n) is 7.35. The Hall–Kier alpha value is -2.67. The van der Waals surface area contributed by atoms with Gasteiger partial charge in [0.05, 0.1) is 24.1 Å². The van der Waals surface area contributed by atoms with Crippen LogP contribution in [0.15, 0.2) is 12.1 Å². The van der Waals surface area contributed by atoms with Gasteiger partial charge in [-0.3, -0.25) is 14.3 Å². The van der Waals surface area contributed by atoms with Crippen LogP contribution in [-0.2, 0) is 16.6 Å². The van der Waals surface area contributed by atoms with Gasteiger partial charge in [-0.2, -0.15) is 5.10 Å². The summed E-state index contributed by atoms with van der Waals surface area (Å²) in [5, 5.41) is 10.2. The summed E-state index contributed by atoms with van der Waals surface area (Å²) in [5.74, 6) is -0.244. The minimum atomic E-state index is -0.137. The molecule has 0 spiro atoms. The molecular weight excluding hydrogens is 342 g/mol. The van der Waals surface area contributed by atoms with Crippen molar-refractivity contribution in [1.82, 2.24) is 9.78 Å². The van der Waals surface area contributed by atoms with Crippen molar-refractivity contribution in [3.63, 3.8) is 0 Å². The maximum Gasteiger partial charge on any atom is 0.279 e. The Morgan fingerprint density at radius 1 is 0.963 bits per heavy atom. The molecule has 0 aliphatic rings. The van der Waals surface area contributed by atoms with Crippen molar-refractivity contribution in [3.8, 4) is 0 Å². The third-order valence-corrected chi connectivity index (χ3v) is 4.64. The van der Waals surface area contributed by atoms with Crippen LogP contribution in [0.3, 0.4) is 0 Å². The molecule has 0 saturated heterocycles. The molecule has 146 valence electrons. The molecule has 0 bridgehead atoms. The Morgan fingerprint density at radius 2 is 1.44 bits per heavy atom. The summed E-state index contributed by atoms with van der Waals surface area (Å²) in [4.78, 5) is 25.5. The van der Waals surface area contributed by atoms with Gasteiger partial charge >= 0.3 is 0 Å². The Balaban J connectivity index is 1.92. The maximum absolute atomic E-state index is 12.4. The van der Waals surface area contributed by atoms with Crippen molar-refractivity contribution in [1.29, 1.82) is 0 Å². The second-order valence-corrected chi connectivity index (χ2v) is 7.35. The van der Waals surface area contributed by atoms with Crippen molar-refractivity contribution in [2.24, 2.45) is 7.05 Å². The molecule has 1 unspecified atom stereocenters. The number of likely N-dealkylation sites (N-methyl/N-ethyl adjacent to an activating group) is 1. The lowest BCUT2D eigenvalue weighted by Gasteiger charge is -2.16. The second kappa shape index (κ2) is 8.35. The van der Waals surface area contributed by atoms with Crippen molar-refractivity contribution < 1.29 is 14.5 Å². The highest BCUT2D eigenvalue weighted by molar-refractivity contribution is 5.94. The first-order chi connectivity index (χ1) is 12.6. The molecule has 0 radical (unpaired) electrons. The van der Waals surface area contributed by atoms with E-state index in [1.54, 1.807) is 4.68 Å². The molecule has 0 fully saturated rings. The number of nitrogens with zero attached hydrogens (tertiary/aromatic N) is 2. The number of benzene rings is 1. The van der Waals surface area contributed by atoms with Crippen LogP contribution in [0.5, 0.6) is 0 Å². The van der Waals surface area contributed by atoms with Gasteiger partial charge in [0, 0.05) is 12.7 Å². The maximum atomic E-state index is 12.4. The van der Waals surface area contributed by atoms with Crippen molar-refractivity contribution in [2.45, 2.75) is 34.6 Å². The first kappa shape index (κ1) is 20.6. The molecule has 7 nitrogen and oxygen atoms in total. The number of hydrogen-bond donors (Lipinski definition) is 3. The topological polar surface area (TPSA) is 80.5 Å². The number of aromatic nitrogens is 2. The highest BCUT2D eigenvalue weighted by Gasteiger charge is 2.18.